The van der Waals surface area contributed by atoms with Crippen LogP contribution in [0.15, 0.2) is 12.1 Å². The number of carbonyl (C=O) groups excluding carboxylic acids is 1. The minimum atomic E-state index is -2.49. The van der Waals surface area contributed by atoms with E-state index in [2.05, 4.69) is 22.6 Å². The minimum Gasteiger partial charge on any atom is -0.487 e. The highest BCUT2D eigenvalue weighted by Crippen LogP contribution is 2.34. The number of hydrogen-bond acceptors (Lipinski definition) is 2. The van der Waals surface area contributed by atoms with Crippen molar-refractivity contribution in [1.82, 2.24) is 0 Å². The van der Waals surface area contributed by atoms with Gasteiger partial charge in [-0.1, -0.05) is 0 Å². The Morgan fingerprint density at radius 3 is 2.81 bits per heavy atom. The van der Waals surface area contributed by atoms with E-state index < -0.39 is 13.0 Å². The molecular formula is C11H9F2IO2. The summed E-state index contributed by atoms with van der Waals surface area (Å²) in [7, 11) is 0. The summed E-state index contributed by atoms with van der Waals surface area (Å²) in [4.78, 5) is 11.6. The molecule has 0 amide bonds. The van der Waals surface area contributed by atoms with Crippen molar-refractivity contribution in [2.45, 2.75) is 19.3 Å². The van der Waals surface area contributed by atoms with E-state index in [0.717, 1.165) is 9.13 Å². The third-order valence-corrected chi connectivity index (χ3v) is 3.36. The van der Waals surface area contributed by atoms with Gasteiger partial charge in [-0.15, -0.1) is 0 Å². The zero-order valence-electron chi connectivity index (χ0n) is 8.30. The SMILES string of the molecule is O=C1CCc2c(OCC(F)F)ccc(I)c21. The second-order valence-corrected chi connectivity index (χ2v) is 4.69. The molecule has 86 valence electrons. The Morgan fingerprint density at radius 2 is 2.12 bits per heavy atom. The largest absolute Gasteiger partial charge is 0.487 e. The van der Waals surface area contributed by atoms with Gasteiger partial charge in [0.05, 0.1) is 0 Å². The fraction of sp³-hybridized carbons (Fsp3) is 0.364. The number of alkyl halides is 2. The van der Waals surface area contributed by atoms with E-state index in [1.165, 1.54) is 0 Å². The van der Waals surface area contributed by atoms with Crippen LogP contribution in [0.1, 0.15) is 22.3 Å². The van der Waals surface area contributed by atoms with E-state index >= 15 is 0 Å². The zero-order valence-corrected chi connectivity index (χ0v) is 10.5. The van der Waals surface area contributed by atoms with Crippen LogP contribution in [-0.4, -0.2) is 18.8 Å². The molecule has 16 heavy (non-hydrogen) atoms. The molecule has 0 radical (unpaired) electrons. The molecule has 2 nitrogen and oxygen atoms in total. The number of hydrogen-bond donors (Lipinski definition) is 0. The molecule has 0 atom stereocenters. The van der Waals surface area contributed by atoms with Crippen LogP contribution in [-0.2, 0) is 6.42 Å². The van der Waals surface area contributed by atoms with Crippen LogP contribution in [0, 0.1) is 3.57 Å². The molecular weight excluding hydrogens is 329 g/mol. The van der Waals surface area contributed by atoms with Crippen LogP contribution in [0.2, 0.25) is 0 Å². The number of fused-ring (bicyclic) bond motifs is 1. The van der Waals surface area contributed by atoms with E-state index in [1.807, 2.05) is 0 Å². The standard InChI is InChI=1S/C11H9F2IO2/c12-10(13)5-16-9-4-2-7(14)11-6(9)1-3-8(11)15/h2,4,10H,1,3,5H2. The van der Waals surface area contributed by atoms with Crippen molar-refractivity contribution >= 4 is 28.4 Å². The average molecular weight is 338 g/mol. The van der Waals surface area contributed by atoms with E-state index in [9.17, 15) is 13.6 Å². The molecule has 1 aromatic rings. The first-order valence-electron chi connectivity index (χ1n) is 4.85. The van der Waals surface area contributed by atoms with Crippen LogP contribution in [0.4, 0.5) is 8.78 Å². The van der Waals surface area contributed by atoms with Gasteiger partial charge in [-0.3, -0.25) is 4.79 Å². The summed E-state index contributed by atoms with van der Waals surface area (Å²) in [6.07, 6.45) is -1.46. The Kier molecular flexibility index (Phi) is 3.41. The van der Waals surface area contributed by atoms with Crippen LogP contribution < -0.4 is 4.74 Å². The van der Waals surface area contributed by atoms with Crippen molar-refractivity contribution in [3.63, 3.8) is 0 Å². The molecule has 2 rings (SSSR count). The van der Waals surface area contributed by atoms with Gasteiger partial charge in [0.2, 0.25) is 0 Å². The summed E-state index contributed by atoms with van der Waals surface area (Å²) in [5.74, 6) is 0.489. The number of ketones is 1. The van der Waals surface area contributed by atoms with E-state index in [4.69, 9.17) is 4.74 Å². The number of benzene rings is 1. The molecule has 0 N–H and O–H groups in total. The van der Waals surface area contributed by atoms with Crippen LogP contribution >= 0.6 is 22.6 Å². The Labute approximate surface area is 105 Å². The van der Waals surface area contributed by atoms with Crippen LogP contribution in [0.25, 0.3) is 0 Å². The number of rotatable bonds is 3. The normalized spacial score (nSPS) is 14.4. The number of halogens is 3. The lowest BCUT2D eigenvalue weighted by Gasteiger charge is -2.10. The summed E-state index contributed by atoms with van der Waals surface area (Å²) < 4.78 is 29.9. The highest BCUT2D eigenvalue weighted by atomic mass is 127. The number of ether oxygens (including phenoxy) is 1. The second-order valence-electron chi connectivity index (χ2n) is 3.52. The molecule has 0 saturated carbocycles. The monoisotopic (exact) mass is 338 g/mol. The molecule has 0 saturated heterocycles. The maximum Gasteiger partial charge on any atom is 0.272 e. The fourth-order valence-corrected chi connectivity index (χ4v) is 2.61. The van der Waals surface area contributed by atoms with Gasteiger partial charge < -0.3 is 4.74 Å². The van der Waals surface area contributed by atoms with Crippen molar-refractivity contribution in [1.29, 1.82) is 0 Å². The summed E-state index contributed by atoms with van der Waals surface area (Å²) in [6, 6.07) is 3.38. The molecule has 1 aliphatic rings. The lowest BCUT2D eigenvalue weighted by Crippen LogP contribution is -2.08. The molecule has 0 aliphatic heterocycles. The number of carbonyl (C=O) groups is 1. The zero-order chi connectivity index (χ0) is 11.7. The van der Waals surface area contributed by atoms with Crippen molar-refractivity contribution in [3.8, 4) is 5.75 Å². The molecule has 0 spiro atoms. The second kappa shape index (κ2) is 4.65. The molecule has 0 bridgehead atoms. The maximum atomic E-state index is 12.0. The molecule has 0 aromatic heterocycles. The fourth-order valence-electron chi connectivity index (χ4n) is 1.80. The summed E-state index contributed by atoms with van der Waals surface area (Å²) in [5.41, 5.74) is 1.42. The van der Waals surface area contributed by atoms with Crippen molar-refractivity contribution in [2.24, 2.45) is 0 Å². The van der Waals surface area contributed by atoms with Crippen molar-refractivity contribution in [2.75, 3.05) is 6.61 Å². The lowest BCUT2D eigenvalue weighted by atomic mass is 10.1. The molecule has 1 aliphatic carbocycles. The van der Waals surface area contributed by atoms with Gasteiger partial charge in [0, 0.05) is 21.1 Å². The van der Waals surface area contributed by atoms with Gasteiger partial charge in [-0.05, 0) is 41.1 Å². The first-order valence-corrected chi connectivity index (χ1v) is 5.93. The minimum absolute atomic E-state index is 0.0712. The average Bonchev–Trinajstić information content (AvgIpc) is 2.61. The van der Waals surface area contributed by atoms with Gasteiger partial charge in [0.1, 0.15) is 12.4 Å². The first-order chi connectivity index (χ1) is 7.59. The van der Waals surface area contributed by atoms with E-state index in [-0.39, 0.29) is 5.78 Å². The van der Waals surface area contributed by atoms with Gasteiger partial charge in [-0.2, -0.15) is 0 Å². The highest BCUT2D eigenvalue weighted by Gasteiger charge is 2.25. The van der Waals surface area contributed by atoms with Crippen molar-refractivity contribution in [3.05, 3.63) is 26.8 Å². The highest BCUT2D eigenvalue weighted by molar-refractivity contribution is 14.1. The van der Waals surface area contributed by atoms with Crippen LogP contribution in [0.5, 0.6) is 5.75 Å². The molecule has 5 heteroatoms. The Morgan fingerprint density at radius 1 is 1.38 bits per heavy atom. The first kappa shape index (κ1) is 11.8. The molecule has 0 heterocycles. The predicted molar refractivity (Wildman–Crippen MR) is 63.3 cm³/mol. The molecule has 0 unspecified atom stereocenters. The van der Waals surface area contributed by atoms with E-state index in [1.54, 1.807) is 12.1 Å². The topological polar surface area (TPSA) is 26.3 Å². The quantitative estimate of drug-likeness (QED) is 0.792. The maximum absolute atomic E-state index is 12.0. The predicted octanol–water partition coefficient (Wildman–Crippen LogP) is 3.06. The van der Waals surface area contributed by atoms with Crippen molar-refractivity contribution < 1.29 is 18.3 Å². The lowest BCUT2D eigenvalue weighted by molar-refractivity contribution is 0.0814. The van der Waals surface area contributed by atoms with Gasteiger partial charge in [-0.25, -0.2) is 8.78 Å². The summed E-state index contributed by atoms with van der Waals surface area (Å²) in [6.45, 7) is -0.624. The summed E-state index contributed by atoms with van der Waals surface area (Å²) >= 11 is 2.08. The van der Waals surface area contributed by atoms with Gasteiger partial charge in [0.25, 0.3) is 6.43 Å². The molecule has 1 aromatic carbocycles. The third-order valence-electron chi connectivity index (χ3n) is 2.46. The summed E-state index contributed by atoms with van der Waals surface area (Å²) in [5, 5.41) is 0. The van der Waals surface area contributed by atoms with Crippen LogP contribution in [0.3, 0.4) is 0 Å². The molecule has 0 fully saturated rings. The van der Waals surface area contributed by atoms with Gasteiger partial charge >= 0.3 is 0 Å². The van der Waals surface area contributed by atoms with Gasteiger partial charge in [0.15, 0.2) is 5.78 Å². The smallest absolute Gasteiger partial charge is 0.272 e. The number of Topliss-reactive ketones (excluding diaryl/α,β-unsaturated/α-hetero) is 1. The Hall–Kier alpha value is -0.720. The Bertz CT molecular complexity index is 432. The van der Waals surface area contributed by atoms with E-state index in [0.29, 0.717) is 24.2 Å². The third kappa shape index (κ3) is 2.18. The Balaban J connectivity index is 2.31.